The summed E-state index contributed by atoms with van der Waals surface area (Å²) < 4.78 is 0. The van der Waals surface area contributed by atoms with E-state index in [1.807, 2.05) is 0 Å². The maximum absolute atomic E-state index is 12.1. The molecule has 2 rings (SSSR count). The second-order valence-corrected chi connectivity index (χ2v) is 4.27. The zero-order valence-corrected chi connectivity index (χ0v) is 11.2. The summed E-state index contributed by atoms with van der Waals surface area (Å²) in [6, 6.07) is 4.28. The molecule has 0 fully saturated rings. The number of urea groups is 1. The largest absolute Gasteiger partial charge is 0.872 e. The Balaban J connectivity index is 2.30. The molecule has 0 saturated heterocycles. The van der Waals surface area contributed by atoms with Crippen molar-refractivity contribution >= 4 is 11.9 Å². The lowest BCUT2D eigenvalue weighted by Gasteiger charge is -2.29. The normalized spacial score (nSPS) is 17.4. The molecule has 9 nitrogen and oxygen atoms in total. The summed E-state index contributed by atoms with van der Waals surface area (Å²) in [6.07, 6.45) is -0.576. The average Bonchev–Trinajstić information content (AvgIpc) is 2.49. The van der Waals surface area contributed by atoms with Crippen LogP contribution in [-0.2, 0) is 0 Å². The van der Waals surface area contributed by atoms with Gasteiger partial charge in [-0.1, -0.05) is 30.8 Å². The number of nitrogens with zero attached hydrogens (tertiary/aromatic N) is 1. The van der Waals surface area contributed by atoms with Crippen LogP contribution in [0.5, 0.6) is 5.75 Å². The van der Waals surface area contributed by atoms with E-state index in [2.05, 4.69) is 22.5 Å². The van der Waals surface area contributed by atoms with E-state index in [0.29, 0.717) is 5.06 Å². The fourth-order valence-electron chi connectivity index (χ4n) is 1.74. The standard InChI is InChI=1S/C13H14N4O5/c1-2-17(22)10-9(12(20)16-13(21)15-10)14-11(19)7-3-5-8(18)6-4-7/h2-6,12,18,20,22H,1H2,(H,14,19)(H2,15,16,21)/p-1. The Hall–Kier alpha value is -3.04. The quantitative estimate of drug-likeness (QED) is 0.458. The lowest BCUT2D eigenvalue weighted by atomic mass is 10.2. The van der Waals surface area contributed by atoms with Crippen molar-refractivity contribution in [3.8, 4) is 5.75 Å². The highest BCUT2D eigenvalue weighted by Crippen LogP contribution is 2.13. The highest BCUT2D eigenvalue weighted by molar-refractivity contribution is 5.95. The van der Waals surface area contributed by atoms with Crippen molar-refractivity contribution in [3.05, 3.63) is 54.1 Å². The first-order chi connectivity index (χ1) is 10.4. The number of hydrogen-bond acceptors (Lipinski definition) is 6. The molecule has 0 aromatic heterocycles. The van der Waals surface area contributed by atoms with Crippen molar-refractivity contribution in [2.24, 2.45) is 0 Å². The van der Waals surface area contributed by atoms with Gasteiger partial charge in [-0.05, 0) is 0 Å². The fraction of sp³-hybridized carbons (Fsp3) is 0.0769. The molecule has 1 unspecified atom stereocenters. The van der Waals surface area contributed by atoms with E-state index < -0.39 is 18.2 Å². The van der Waals surface area contributed by atoms with E-state index in [4.69, 9.17) is 0 Å². The van der Waals surface area contributed by atoms with Gasteiger partial charge in [0.2, 0.25) is 0 Å². The Morgan fingerprint density at radius 1 is 1.41 bits per heavy atom. The van der Waals surface area contributed by atoms with Gasteiger partial charge in [0.05, 0.1) is 0 Å². The number of aliphatic hydroxyl groups is 1. The van der Waals surface area contributed by atoms with Gasteiger partial charge in [0.15, 0.2) is 12.0 Å². The molecule has 0 radical (unpaired) electrons. The van der Waals surface area contributed by atoms with Gasteiger partial charge >= 0.3 is 6.03 Å². The Labute approximate surface area is 125 Å². The third-order valence-electron chi connectivity index (χ3n) is 2.80. The Bertz CT molecular complexity index is 640. The maximum atomic E-state index is 12.1. The predicted molar refractivity (Wildman–Crippen MR) is 71.9 cm³/mol. The molecule has 1 aliphatic rings. The molecule has 1 aromatic carbocycles. The molecule has 1 aromatic rings. The van der Waals surface area contributed by atoms with Crippen LogP contribution < -0.4 is 21.1 Å². The predicted octanol–water partition coefficient (Wildman–Crippen LogP) is -0.875. The Morgan fingerprint density at radius 2 is 2.05 bits per heavy atom. The number of carbonyl (C=O) groups excluding carboxylic acids is 2. The Kier molecular flexibility index (Phi) is 4.30. The molecule has 0 spiro atoms. The van der Waals surface area contributed by atoms with E-state index in [-0.39, 0.29) is 22.8 Å². The van der Waals surface area contributed by atoms with Crippen LogP contribution >= 0.6 is 0 Å². The number of benzene rings is 1. The van der Waals surface area contributed by atoms with Crippen molar-refractivity contribution in [1.82, 2.24) is 21.0 Å². The van der Waals surface area contributed by atoms with Crippen LogP contribution in [0.1, 0.15) is 10.4 Å². The zero-order valence-electron chi connectivity index (χ0n) is 11.2. The summed E-state index contributed by atoms with van der Waals surface area (Å²) in [6.45, 7) is 3.31. The number of hydroxylamine groups is 2. The minimum absolute atomic E-state index is 0.165. The topological polar surface area (TPSA) is 137 Å². The first-order valence-corrected chi connectivity index (χ1v) is 6.11. The summed E-state index contributed by atoms with van der Waals surface area (Å²) in [4.78, 5) is 23.4. The molecule has 3 amide bonds. The number of rotatable bonds is 4. The highest BCUT2D eigenvalue weighted by Gasteiger charge is 2.29. The molecule has 22 heavy (non-hydrogen) atoms. The minimum Gasteiger partial charge on any atom is -0.872 e. The van der Waals surface area contributed by atoms with Gasteiger partial charge in [0, 0.05) is 11.8 Å². The van der Waals surface area contributed by atoms with E-state index >= 15 is 0 Å². The molecule has 0 saturated carbocycles. The minimum atomic E-state index is -1.54. The molecule has 5 N–H and O–H groups in total. The van der Waals surface area contributed by atoms with E-state index in [9.17, 15) is 25.0 Å². The second kappa shape index (κ2) is 6.16. The van der Waals surface area contributed by atoms with E-state index in [0.717, 1.165) is 6.20 Å². The summed E-state index contributed by atoms with van der Waals surface area (Å²) in [7, 11) is 0. The van der Waals surface area contributed by atoms with Crippen molar-refractivity contribution in [2.45, 2.75) is 6.23 Å². The first-order valence-electron chi connectivity index (χ1n) is 6.11. The fourth-order valence-corrected chi connectivity index (χ4v) is 1.74. The molecule has 0 bridgehead atoms. The van der Waals surface area contributed by atoms with Crippen LogP contribution in [0, 0.1) is 0 Å². The number of hydrogen-bond donors (Lipinski definition) is 5. The molecule has 0 aliphatic carbocycles. The van der Waals surface area contributed by atoms with Gasteiger partial charge in [-0.25, -0.2) is 9.86 Å². The van der Waals surface area contributed by atoms with Crippen molar-refractivity contribution in [1.29, 1.82) is 0 Å². The molecule has 1 aliphatic heterocycles. The summed E-state index contributed by atoms with van der Waals surface area (Å²) >= 11 is 0. The van der Waals surface area contributed by atoms with Gasteiger partial charge in [0.25, 0.3) is 5.91 Å². The summed E-state index contributed by atoms with van der Waals surface area (Å²) in [5.74, 6) is -1.14. The smallest absolute Gasteiger partial charge is 0.322 e. The van der Waals surface area contributed by atoms with Crippen molar-refractivity contribution < 1.29 is 25.0 Å². The molecule has 1 heterocycles. The molecule has 9 heteroatoms. The van der Waals surface area contributed by atoms with Gasteiger partial charge in [-0.15, -0.1) is 5.75 Å². The van der Waals surface area contributed by atoms with Crippen LogP contribution in [0.15, 0.2) is 48.6 Å². The van der Waals surface area contributed by atoms with Crippen LogP contribution in [0.2, 0.25) is 0 Å². The van der Waals surface area contributed by atoms with Crippen LogP contribution in [0.4, 0.5) is 4.79 Å². The van der Waals surface area contributed by atoms with Gasteiger partial charge in [-0.2, -0.15) is 0 Å². The number of amides is 3. The van der Waals surface area contributed by atoms with Crippen LogP contribution in [-0.4, -0.2) is 33.5 Å². The second-order valence-electron chi connectivity index (χ2n) is 4.27. The van der Waals surface area contributed by atoms with Gasteiger partial charge in [-0.3, -0.25) is 15.3 Å². The third kappa shape index (κ3) is 3.16. The maximum Gasteiger partial charge on any atom is 0.322 e. The monoisotopic (exact) mass is 305 g/mol. The molecular formula is C13H13N4O5-. The van der Waals surface area contributed by atoms with Crippen LogP contribution in [0.25, 0.3) is 0 Å². The molecular weight excluding hydrogens is 292 g/mol. The zero-order chi connectivity index (χ0) is 16.3. The first kappa shape index (κ1) is 15.4. The van der Waals surface area contributed by atoms with Gasteiger partial charge in [0.1, 0.15) is 5.70 Å². The molecule has 116 valence electrons. The summed E-state index contributed by atoms with van der Waals surface area (Å²) in [5.41, 5.74) is -0.0168. The summed E-state index contributed by atoms with van der Waals surface area (Å²) in [5, 5.41) is 37.6. The lowest BCUT2D eigenvalue weighted by Crippen LogP contribution is -2.54. The van der Waals surface area contributed by atoms with Crippen molar-refractivity contribution in [3.63, 3.8) is 0 Å². The number of nitrogens with one attached hydrogen (secondary N) is 3. The SMILES string of the molecule is C=CN(O)C1=C(NC(=O)c2ccc([O-])cc2)C(O)NC(=O)N1. The van der Waals surface area contributed by atoms with E-state index in [1.54, 1.807) is 0 Å². The number of aliphatic hydroxyl groups excluding tert-OH is 1. The molecule has 1 atom stereocenters. The number of carbonyl (C=O) groups is 2. The van der Waals surface area contributed by atoms with E-state index in [1.165, 1.54) is 24.3 Å². The third-order valence-corrected chi connectivity index (χ3v) is 2.80. The van der Waals surface area contributed by atoms with Gasteiger partial charge < -0.3 is 20.8 Å². The average molecular weight is 305 g/mol. The van der Waals surface area contributed by atoms with Crippen molar-refractivity contribution in [2.75, 3.05) is 0 Å². The highest BCUT2D eigenvalue weighted by atomic mass is 16.5. The van der Waals surface area contributed by atoms with Crippen LogP contribution in [0.3, 0.4) is 0 Å². The lowest BCUT2D eigenvalue weighted by molar-refractivity contribution is -0.268. The Morgan fingerprint density at radius 3 is 2.64 bits per heavy atom.